The number of nitrogens with two attached hydrogens (primary N) is 1. The Hall–Kier alpha value is -2.30. The Bertz CT molecular complexity index is 664. The van der Waals surface area contributed by atoms with Gasteiger partial charge in [0.25, 0.3) is 0 Å². The summed E-state index contributed by atoms with van der Waals surface area (Å²) in [6, 6.07) is 5.97. The molecule has 0 bridgehead atoms. The van der Waals surface area contributed by atoms with Gasteiger partial charge in [-0.25, -0.2) is 4.52 Å². The maximum atomic E-state index is 5.83. The lowest BCUT2D eigenvalue weighted by molar-refractivity contribution is 0.961. The zero-order valence-electron chi connectivity index (χ0n) is 9.51. The smallest absolute Gasteiger partial charge is 0.149 e. The van der Waals surface area contributed by atoms with E-state index in [9.17, 15) is 0 Å². The van der Waals surface area contributed by atoms with Gasteiger partial charge in [-0.15, -0.1) is 0 Å². The summed E-state index contributed by atoms with van der Waals surface area (Å²) in [4.78, 5) is 0. The molecule has 3 aromatic heterocycles. The van der Waals surface area contributed by atoms with Crippen molar-refractivity contribution < 1.29 is 0 Å². The minimum atomic E-state index is 0.567. The Morgan fingerprint density at radius 2 is 2.29 bits per heavy atom. The van der Waals surface area contributed by atoms with Crippen LogP contribution in [0.3, 0.4) is 0 Å². The molecule has 17 heavy (non-hydrogen) atoms. The van der Waals surface area contributed by atoms with Gasteiger partial charge in [-0.1, -0.05) is 13.0 Å². The zero-order valence-corrected chi connectivity index (χ0v) is 9.51. The normalized spacial score (nSPS) is 11.1. The van der Waals surface area contributed by atoms with Crippen molar-refractivity contribution in [2.24, 2.45) is 0 Å². The molecule has 0 spiro atoms. The average Bonchev–Trinajstić information content (AvgIpc) is 2.92. The lowest BCUT2D eigenvalue weighted by Gasteiger charge is -1.99. The molecule has 0 amide bonds. The Balaban J connectivity index is 2.27. The third-order valence-corrected chi connectivity index (χ3v) is 2.95. The maximum Gasteiger partial charge on any atom is 0.149 e. The fourth-order valence-electron chi connectivity index (χ4n) is 2.09. The van der Waals surface area contributed by atoms with Crippen LogP contribution in [0.15, 0.2) is 30.6 Å². The van der Waals surface area contributed by atoms with E-state index in [-0.39, 0.29) is 0 Å². The molecule has 0 atom stereocenters. The van der Waals surface area contributed by atoms with Crippen LogP contribution < -0.4 is 5.73 Å². The van der Waals surface area contributed by atoms with Gasteiger partial charge in [-0.2, -0.15) is 10.2 Å². The van der Waals surface area contributed by atoms with Crippen LogP contribution in [0.5, 0.6) is 0 Å². The van der Waals surface area contributed by atoms with E-state index in [0.29, 0.717) is 5.82 Å². The number of H-pyrrole nitrogens is 1. The van der Waals surface area contributed by atoms with Crippen LogP contribution in [0, 0.1) is 0 Å². The third kappa shape index (κ3) is 1.39. The van der Waals surface area contributed by atoms with Gasteiger partial charge in [0.2, 0.25) is 0 Å². The van der Waals surface area contributed by atoms with Gasteiger partial charge in [0.15, 0.2) is 0 Å². The minimum absolute atomic E-state index is 0.567. The van der Waals surface area contributed by atoms with Crippen molar-refractivity contribution >= 4 is 11.3 Å². The number of fused-ring (bicyclic) bond motifs is 1. The van der Waals surface area contributed by atoms with Crippen LogP contribution in [0.2, 0.25) is 0 Å². The Kier molecular flexibility index (Phi) is 2.11. The van der Waals surface area contributed by atoms with Crippen molar-refractivity contribution in [3.63, 3.8) is 0 Å². The van der Waals surface area contributed by atoms with E-state index >= 15 is 0 Å². The number of hydrogen-bond acceptors (Lipinski definition) is 3. The number of nitrogens with one attached hydrogen (secondary N) is 1. The van der Waals surface area contributed by atoms with Gasteiger partial charge in [0.1, 0.15) is 5.82 Å². The number of hydrogen-bond donors (Lipinski definition) is 2. The highest BCUT2D eigenvalue weighted by molar-refractivity contribution is 5.81. The fourth-order valence-corrected chi connectivity index (χ4v) is 2.09. The van der Waals surface area contributed by atoms with Gasteiger partial charge in [-0.3, -0.25) is 5.10 Å². The van der Waals surface area contributed by atoms with Gasteiger partial charge in [-0.05, 0) is 18.6 Å². The van der Waals surface area contributed by atoms with E-state index in [1.807, 2.05) is 35.1 Å². The summed E-state index contributed by atoms with van der Waals surface area (Å²) in [7, 11) is 0. The number of nitrogens with zero attached hydrogens (tertiary/aromatic N) is 3. The predicted molar refractivity (Wildman–Crippen MR) is 66.6 cm³/mol. The Morgan fingerprint density at radius 1 is 1.41 bits per heavy atom. The lowest BCUT2D eigenvalue weighted by Crippen LogP contribution is -1.90. The Morgan fingerprint density at radius 3 is 3.12 bits per heavy atom. The van der Waals surface area contributed by atoms with Gasteiger partial charge in [0, 0.05) is 17.3 Å². The number of rotatable bonds is 2. The van der Waals surface area contributed by atoms with Crippen molar-refractivity contribution in [2.45, 2.75) is 13.3 Å². The molecule has 3 rings (SSSR count). The van der Waals surface area contributed by atoms with E-state index in [0.717, 1.165) is 28.8 Å². The zero-order chi connectivity index (χ0) is 11.8. The minimum Gasteiger partial charge on any atom is -0.382 e. The first-order valence-electron chi connectivity index (χ1n) is 5.56. The number of anilines is 1. The summed E-state index contributed by atoms with van der Waals surface area (Å²) in [5, 5.41) is 11.4. The summed E-state index contributed by atoms with van der Waals surface area (Å²) in [6.07, 6.45) is 4.60. The van der Waals surface area contributed by atoms with E-state index in [4.69, 9.17) is 5.73 Å². The second-order valence-corrected chi connectivity index (χ2v) is 3.90. The molecule has 0 fully saturated rings. The quantitative estimate of drug-likeness (QED) is 0.702. The van der Waals surface area contributed by atoms with E-state index in [2.05, 4.69) is 22.2 Å². The van der Waals surface area contributed by atoms with Crippen molar-refractivity contribution in [1.29, 1.82) is 0 Å². The number of aromatic amines is 1. The van der Waals surface area contributed by atoms with Crippen LogP contribution in [0.4, 0.5) is 5.82 Å². The first-order valence-corrected chi connectivity index (χ1v) is 5.56. The second kappa shape index (κ2) is 3.62. The lowest BCUT2D eigenvalue weighted by atomic mass is 10.1. The molecule has 0 aliphatic carbocycles. The highest BCUT2D eigenvalue weighted by Crippen LogP contribution is 2.28. The fraction of sp³-hybridized carbons (Fsp3) is 0.167. The molecular formula is C12H13N5. The molecule has 3 aromatic rings. The maximum absolute atomic E-state index is 5.83. The molecule has 0 unspecified atom stereocenters. The molecule has 0 aliphatic heterocycles. The van der Waals surface area contributed by atoms with Crippen molar-refractivity contribution in [3.8, 4) is 11.3 Å². The molecule has 5 heteroatoms. The van der Waals surface area contributed by atoms with Crippen LogP contribution in [-0.2, 0) is 6.42 Å². The summed E-state index contributed by atoms with van der Waals surface area (Å²) in [6.45, 7) is 2.07. The largest absolute Gasteiger partial charge is 0.382 e. The molecule has 5 nitrogen and oxygen atoms in total. The highest BCUT2D eigenvalue weighted by Gasteiger charge is 2.14. The molecule has 3 N–H and O–H groups in total. The molecule has 0 aliphatic rings. The molecule has 0 aromatic carbocycles. The predicted octanol–water partition coefficient (Wildman–Crippen LogP) is 1.87. The monoisotopic (exact) mass is 227 g/mol. The number of aromatic nitrogens is 4. The highest BCUT2D eigenvalue weighted by atomic mass is 15.2. The van der Waals surface area contributed by atoms with E-state index < -0.39 is 0 Å². The third-order valence-electron chi connectivity index (χ3n) is 2.95. The summed E-state index contributed by atoms with van der Waals surface area (Å²) >= 11 is 0. The first-order chi connectivity index (χ1) is 8.31. The van der Waals surface area contributed by atoms with Gasteiger partial charge >= 0.3 is 0 Å². The van der Waals surface area contributed by atoms with E-state index in [1.165, 1.54) is 0 Å². The molecular weight excluding hydrogens is 214 g/mol. The van der Waals surface area contributed by atoms with E-state index in [1.54, 1.807) is 0 Å². The van der Waals surface area contributed by atoms with Gasteiger partial charge < -0.3 is 5.73 Å². The summed E-state index contributed by atoms with van der Waals surface area (Å²) in [5.41, 5.74) is 9.92. The molecule has 3 heterocycles. The van der Waals surface area contributed by atoms with Crippen molar-refractivity contribution in [2.75, 3.05) is 5.73 Å². The summed E-state index contributed by atoms with van der Waals surface area (Å²) < 4.78 is 1.84. The number of nitrogen functional groups attached to an aromatic ring is 1. The van der Waals surface area contributed by atoms with Crippen LogP contribution in [-0.4, -0.2) is 19.8 Å². The topological polar surface area (TPSA) is 72.0 Å². The van der Waals surface area contributed by atoms with Crippen LogP contribution >= 0.6 is 0 Å². The SMILES string of the molecule is CCc1c(N)n[nH]c1-c1cnn2ccccc12. The molecule has 0 radical (unpaired) electrons. The van der Waals surface area contributed by atoms with Gasteiger partial charge in [0.05, 0.1) is 17.4 Å². The molecule has 0 saturated carbocycles. The Labute approximate surface area is 98.3 Å². The van der Waals surface area contributed by atoms with Crippen molar-refractivity contribution in [1.82, 2.24) is 19.8 Å². The number of pyridine rings is 1. The van der Waals surface area contributed by atoms with Crippen LogP contribution in [0.1, 0.15) is 12.5 Å². The summed E-state index contributed by atoms with van der Waals surface area (Å²) in [5.74, 6) is 0.567. The average molecular weight is 227 g/mol. The second-order valence-electron chi connectivity index (χ2n) is 3.90. The van der Waals surface area contributed by atoms with Crippen molar-refractivity contribution in [3.05, 3.63) is 36.2 Å². The molecule has 86 valence electrons. The molecule has 0 saturated heterocycles. The standard InChI is InChI=1S/C12H13N5/c1-2-8-11(15-16-12(8)13)9-7-14-17-6-4-3-5-10(9)17/h3-7H,2H2,1H3,(H3,13,15,16). The first kappa shape index (κ1) is 9.89. The van der Waals surface area contributed by atoms with Crippen LogP contribution in [0.25, 0.3) is 16.8 Å².